The van der Waals surface area contributed by atoms with Crippen molar-refractivity contribution in [2.45, 2.75) is 146 Å². The average molecular weight is 1190 g/mol. The van der Waals surface area contributed by atoms with E-state index in [-0.39, 0.29) is 21.7 Å². The van der Waals surface area contributed by atoms with Gasteiger partial charge < -0.3 is 9.13 Å². The van der Waals surface area contributed by atoms with Crippen LogP contribution in [-0.2, 0) is 21.7 Å². The first-order valence-corrected chi connectivity index (χ1v) is 32.5. The molecule has 0 atom stereocenters. The number of aryl methyl sites for hydroxylation is 6. The Morgan fingerprint density at radius 3 is 0.857 bits per heavy atom. The van der Waals surface area contributed by atoms with E-state index in [4.69, 9.17) is 15.0 Å². The summed E-state index contributed by atoms with van der Waals surface area (Å²) in [7, 11) is 0. The minimum Gasteiger partial charge on any atom is -0.309 e. The molecule has 14 rings (SSSR count). The van der Waals surface area contributed by atoms with Crippen molar-refractivity contribution >= 4 is 65.4 Å². The third-order valence-electron chi connectivity index (χ3n) is 19.3. The molecule has 0 fully saturated rings. The van der Waals surface area contributed by atoms with Crippen LogP contribution in [0.3, 0.4) is 0 Å². The van der Waals surface area contributed by atoms with E-state index in [0.717, 1.165) is 66.4 Å². The Labute approximate surface area is 537 Å². The van der Waals surface area contributed by atoms with Gasteiger partial charge in [0.05, 0.1) is 44.5 Å². The minimum atomic E-state index is -0.0485. The highest BCUT2D eigenvalue weighted by atomic mass is 15.2. The van der Waals surface area contributed by atoms with Gasteiger partial charge in [0.15, 0.2) is 11.6 Å². The van der Waals surface area contributed by atoms with Crippen molar-refractivity contribution in [3.63, 3.8) is 0 Å². The highest BCUT2D eigenvalue weighted by molar-refractivity contribution is 6.13. The predicted octanol–water partition coefficient (Wildman–Crippen LogP) is 22.9. The molecule has 6 heteroatoms. The molecule has 0 saturated heterocycles. The number of benzene rings is 10. The average Bonchev–Trinajstić information content (AvgIpc) is 1.60. The number of hydrogen-bond donors (Lipinski definition) is 0. The van der Waals surface area contributed by atoms with Crippen LogP contribution < -0.4 is 0 Å². The maximum absolute atomic E-state index is 5.81. The molecule has 0 unspecified atom stereocenters. The van der Waals surface area contributed by atoms with Crippen molar-refractivity contribution in [1.29, 1.82) is 0 Å². The minimum absolute atomic E-state index is 0.0485. The van der Waals surface area contributed by atoms with Gasteiger partial charge in [0.25, 0.3) is 0 Å². The van der Waals surface area contributed by atoms with Crippen molar-refractivity contribution in [2.75, 3.05) is 0 Å². The summed E-state index contributed by atoms with van der Waals surface area (Å²) in [6.07, 6.45) is 0. The van der Waals surface area contributed by atoms with Crippen LogP contribution in [0.4, 0.5) is 0 Å². The molecule has 14 aromatic rings. The van der Waals surface area contributed by atoms with Crippen molar-refractivity contribution in [3.8, 4) is 62.4 Å². The van der Waals surface area contributed by atoms with Crippen LogP contribution in [0.2, 0.25) is 0 Å². The largest absolute Gasteiger partial charge is 0.309 e. The lowest BCUT2D eigenvalue weighted by molar-refractivity contribution is 0.590. The van der Waals surface area contributed by atoms with Gasteiger partial charge in [0, 0.05) is 43.4 Å². The van der Waals surface area contributed by atoms with Crippen molar-refractivity contribution in [1.82, 2.24) is 28.7 Å². The molecule has 4 aromatic heterocycles. The first-order chi connectivity index (χ1) is 43.1. The summed E-state index contributed by atoms with van der Waals surface area (Å²) in [5, 5.41) is 7.15. The molecule has 0 bridgehead atoms. The summed E-state index contributed by atoms with van der Waals surface area (Å²) in [4.78, 5) is 17.4. The predicted molar refractivity (Wildman–Crippen MR) is 388 cm³/mol. The number of para-hydroxylation sites is 2. The molecule has 454 valence electrons. The third-order valence-corrected chi connectivity index (χ3v) is 19.3. The Hall–Kier alpha value is -9.39. The fourth-order valence-corrected chi connectivity index (χ4v) is 14.7. The van der Waals surface area contributed by atoms with E-state index in [1.165, 1.54) is 99.4 Å². The first kappa shape index (κ1) is 59.2. The second kappa shape index (κ2) is 21.1. The Kier molecular flexibility index (Phi) is 13.7. The van der Waals surface area contributed by atoms with Crippen LogP contribution in [0.25, 0.3) is 128 Å². The first-order valence-electron chi connectivity index (χ1n) is 32.5. The summed E-state index contributed by atoms with van der Waals surface area (Å²) in [5.74, 6) is 1.68. The highest BCUT2D eigenvalue weighted by Gasteiger charge is 2.28. The Morgan fingerprint density at radius 1 is 0.275 bits per heavy atom. The molecule has 4 heterocycles. The van der Waals surface area contributed by atoms with E-state index in [1.54, 1.807) is 0 Å². The van der Waals surface area contributed by atoms with E-state index in [2.05, 4.69) is 320 Å². The van der Waals surface area contributed by atoms with Gasteiger partial charge in [-0.15, -0.1) is 0 Å². The molecule has 0 N–H and O–H groups in total. The second-order valence-corrected chi connectivity index (χ2v) is 30.3. The quantitative estimate of drug-likeness (QED) is 0.160. The van der Waals surface area contributed by atoms with Crippen molar-refractivity contribution in [3.05, 3.63) is 238 Å². The van der Waals surface area contributed by atoms with Gasteiger partial charge in [-0.25, -0.2) is 4.98 Å². The van der Waals surface area contributed by atoms with E-state index in [9.17, 15) is 0 Å². The Bertz CT molecular complexity index is 4820. The van der Waals surface area contributed by atoms with Crippen LogP contribution in [0.15, 0.2) is 182 Å². The zero-order valence-electron chi connectivity index (χ0n) is 56.5. The monoisotopic (exact) mass is 1190 g/mol. The van der Waals surface area contributed by atoms with E-state index in [1.807, 2.05) is 0 Å². The van der Waals surface area contributed by atoms with Crippen LogP contribution >= 0.6 is 0 Å². The van der Waals surface area contributed by atoms with Gasteiger partial charge in [-0.1, -0.05) is 179 Å². The number of nitrogens with zero attached hydrogens (tertiary/aromatic N) is 6. The molecule has 0 aliphatic carbocycles. The Balaban J connectivity index is 1.09. The molecule has 0 radical (unpaired) electrons. The summed E-state index contributed by atoms with van der Waals surface area (Å²) in [5.41, 5.74) is 27.7. The standard InChI is InChI=1S/C85H84N6/c1-49-39-51(3)77(52(4)40-49)55-27-33-75-63(43-55)64-44-56(78-53(5)41-50(2)42-54(78)6)28-34-76(64)91(75)81-87-79(61-23-19-21-25-69(61)89-71-35-29-57(82(7,8)9)45-65(71)66-46-58(83(10,11)12)30-36-72(66)89)86-80(88-81)62-24-20-22-26-70(62)90-73-37-31-59(84(13,14)15)47-67(73)68-48-60(85(16,17)18)32-38-74(68)90/h19-48H,1-18H3. The molecular weight excluding hydrogens is 1100 g/mol. The van der Waals surface area contributed by atoms with Crippen molar-refractivity contribution < 1.29 is 0 Å². The van der Waals surface area contributed by atoms with Crippen LogP contribution in [-0.4, -0.2) is 28.7 Å². The van der Waals surface area contributed by atoms with Crippen LogP contribution in [0.5, 0.6) is 0 Å². The van der Waals surface area contributed by atoms with Gasteiger partial charge in [-0.3, -0.25) is 4.57 Å². The topological polar surface area (TPSA) is 53.5 Å². The molecule has 10 aromatic carbocycles. The SMILES string of the molecule is Cc1cc(C)c(-c2ccc3c(c2)c2cc(-c4c(C)cc(C)cc4C)ccc2n3-c2nc(-c3ccccc3-n3c4ccc(C(C)(C)C)cc4c4cc(C(C)(C)C)ccc43)nc(-c3ccccc3-n3c4ccc(C(C)(C)C)cc4c4cc(C(C)(C)C)ccc43)n2)c(C)c1. The third kappa shape index (κ3) is 10.1. The smallest absolute Gasteiger partial charge is 0.238 e. The van der Waals surface area contributed by atoms with Gasteiger partial charge in [-0.2, -0.15) is 9.97 Å². The summed E-state index contributed by atoms with van der Waals surface area (Å²) < 4.78 is 7.19. The summed E-state index contributed by atoms with van der Waals surface area (Å²) in [6, 6.07) is 68.9. The van der Waals surface area contributed by atoms with E-state index >= 15 is 0 Å². The van der Waals surface area contributed by atoms with Gasteiger partial charge >= 0.3 is 0 Å². The zero-order chi connectivity index (χ0) is 64.1. The molecule has 0 aliphatic heterocycles. The lowest BCUT2D eigenvalue weighted by atomic mass is 9.85. The van der Waals surface area contributed by atoms with Gasteiger partial charge in [-0.05, 0) is 227 Å². The molecule has 6 nitrogen and oxygen atoms in total. The molecule has 91 heavy (non-hydrogen) atoms. The molecular formula is C85H84N6. The fourth-order valence-electron chi connectivity index (χ4n) is 14.7. The lowest BCUT2D eigenvalue weighted by Crippen LogP contribution is -2.10. The highest BCUT2D eigenvalue weighted by Crippen LogP contribution is 2.45. The van der Waals surface area contributed by atoms with Crippen molar-refractivity contribution in [2.24, 2.45) is 0 Å². The van der Waals surface area contributed by atoms with E-state index in [0.29, 0.717) is 17.6 Å². The Morgan fingerprint density at radius 2 is 0.549 bits per heavy atom. The number of rotatable bonds is 7. The van der Waals surface area contributed by atoms with Crippen LogP contribution in [0.1, 0.15) is 139 Å². The number of fused-ring (bicyclic) bond motifs is 9. The van der Waals surface area contributed by atoms with Gasteiger partial charge in [0.1, 0.15) is 0 Å². The molecule has 0 spiro atoms. The fraction of sp³-hybridized carbons (Fsp3) is 0.259. The lowest BCUT2D eigenvalue weighted by Gasteiger charge is -2.20. The summed E-state index contributed by atoms with van der Waals surface area (Å²) in [6.45, 7) is 41.0. The summed E-state index contributed by atoms with van der Waals surface area (Å²) >= 11 is 0. The second-order valence-electron chi connectivity index (χ2n) is 30.3. The van der Waals surface area contributed by atoms with E-state index < -0.39 is 0 Å². The van der Waals surface area contributed by atoms with Gasteiger partial charge in [0.2, 0.25) is 5.95 Å². The maximum Gasteiger partial charge on any atom is 0.238 e. The maximum atomic E-state index is 5.81. The molecule has 0 amide bonds. The number of hydrogen-bond acceptors (Lipinski definition) is 3. The molecule has 0 aliphatic rings. The molecule has 0 saturated carbocycles. The zero-order valence-corrected chi connectivity index (χ0v) is 56.5. The van der Waals surface area contributed by atoms with Crippen LogP contribution in [0, 0.1) is 41.5 Å². The number of aromatic nitrogens is 6. The normalized spacial score (nSPS) is 12.7.